The summed E-state index contributed by atoms with van der Waals surface area (Å²) in [6.07, 6.45) is -0.898. The zero-order valence-electron chi connectivity index (χ0n) is 17.8. The summed E-state index contributed by atoms with van der Waals surface area (Å²) in [5, 5.41) is 20.1. The fourth-order valence-corrected chi connectivity index (χ4v) is 2.83. The maximum atomic E-state index is 12.5. The number of carboxylic acids is 2. The minimum atomic E-state index is -1.57. The van der Waals surface area contributed by atoms with Crippen LogP contribution in [0.15, 0.2) is 30.4 Å². The number of nitrogen functional groups attached to an aromatic ring is 2. The van der Waals surface area contributed by atoms with Crippen LogP contribution in [-0.2, 0) is 16.1 Å². The second kappa shape index (κ2) is 9.07. The molecule has 2 aromatic heterocycles. The minimum Gasteiger partial charge on any atom is -0.481 e. The van der Waals surface area contributed by atoms with Crippen LogP contribution in [0.5, 0.6) is 0 Å². The van der Waals surface area contributed by atoms with E-state index in [-0.39, 0.29) is 46.9 Å². The molecule has 0 bridgehead atoms. The predicted molar refractivity (Wildman–Crippen MR) is 114 cm³/mol. The van der Waals surface area contributed by atoms with Crippen LogP contribution in [-0.4, -0.2) is 61.1 Å². The van der Waals surface area contributed by atoms with Gasteiger partial charge >= 0.3 is 11.9 Å². The number of aromatic nitrogens is 4. The molecule has 0 spiro atoms. The Kier molecular flexibility index (Phi) is 5.87. The third-order valence-corrected chi connectivity index (χ3v) is 4.37. The number of rotatable bonds is 8. The van der Waals surface area contributed by atoms with E-state index in [0.29, 0.717) is 5.69 Å². The number of benzene rings is 1. The van der Waals surface area contributed by atoms with Gasteiger partial charge in [-0.25, -0.2) is 14.8 Å². The van der Waals surface area contributed by atoms with E-state index in [1.54, 1.807) is 24.1 Å². The molecule has 0 fully saturated rings. The Bertz CT molecular complexity index is 1250. The lowest BCUT2D eigenvalue weighted by atomic mass is 10.1. The summed E-state index contributed by atoms with van der Waals surface area (Å²) < 4.78 is 8.12. The number of anilines is 3. The Morgan fingerprint density at radius 1 is 1.22 bits per heavy atom. The molecule has 1 amide bonds. The van der Waals surface area contributed by atoms with Crippen molar-refractivity contribution in [2.75, 3.05) is 23.4 Å². The first-order valence-corrected chi connectivity index (χ1v) is 9.18. The van der Waals surface area contributed by atoms with Gasteiger partial charge in [0.1, 0.15) is 6.04 Å². The summed E-state index contributed by atoms with van der Waals surface area (Å²) >= 11 is 0. The molecule has 13 nitrogen and oxygen atoms in total. The zero-order chi connectivity index (χ0) is 24.3. The van der Waals surface area contributed by atoms with Crippen molar-refractivity contribution in [3.8, 4) is 0 Å². The van der Waals surface area contributed by atoms with Gasteiger partial charge in [0.05, 0.1) is 26.2 Å². The molecular weight excluding hydrogens is 420 g/mol. The molecule has 166 valence electrons. The van der Waals surface area contributed by atoms with Gasteiger partial charge in [-0.15, -0.1) is 0 Å². The number of hydrogen-bond donors (Lipinski definition) is 5. The Labute approximate surface area is 182 Å². The Hall–Kier alpha value is -4.55. The van der Waals surface area contributed by atoms with Gasteiger partial charge in [-0.05, 0) is 18.2 Å². The van der Waals surface area contributed by atoms with Crippen molar-refractivity contribution in [1.29, 1.82) is 0 Å². The number of fused-ring (bicyclic) bond motifs is 1. The summed E-state index contributed by atoms with van der Waals surface area (Å²) in [7, 11) is 1.69. The topological polar surface area (TPSA) is 211 Å². The highest BCUT2D eigenvalue weighted by atomic mass is 16.4. The first-order valence-electron chi connectivity index (χ1n) is 9.68. The van der Waals surface area contributed by atoms with Crippen molar-refractivity contribution in [2.24, 2.45) is 0 Å². The van der Waals surface area contributed by atoms with Crippen molar-refractivity contribution in [2.45, 2.75) is 19.0 Å². The number of carbonyl (C=O) groups excluding carboxylic acids is 1. The van der Waals surface area contributed by atoms with E-state index in [0.717, 1.165) is 0 Å². The van der Waals surface area contributed by atoms with Gasteiger partial charge in [0.2, 0.25) is 5.95 Å². The van der Waals surface area contributed by atoms with E-state index in [9.17, 15) is 14.4 Å². The van der Waals surface area contributed by atoms with Crippen molar-refractivity contribution >= 4 is 46.5 Å². The van der Waals surface area contributed by atoms with Crippen LogP contribution in [0.4, 0.5) is 17.5 Å². The second-order valence-corrected chi connectivity index (χ2v) is 6.79. The van der Waals surface area contributed by atoms with Gasteiger partial charge in [0.15, 0.2) is 17.0 Å². The monoisotopic (exact) mass is 441 g/mol. The number of amides is 1. The maximum absolute atomic E-state index is 12.5. The minimum absolute atomic E-state index is 0.0296. The molecule has 1 aromatic carbocycles. The summed E-state index contributed by atoms with van der Waals surface area (Å²) in [5.74, 6) is -3.60. The van der Waals surface area contributed by atoms with Crippen LogP contribution in [0, 0.1) is 0 Å². The van der Waals surface area contributed by atoms with Crippen molar-refractivity contribution in [3.05, 3.63) is 41.7 Å². The summed E-state index contributed by atoms with van der Waals surface area (Å²) in [6, 6.07) is 4.65. The highest BCUT2D eigenvalue weighted by molar-refractivity contribution is 5.98. The lowest BCUT2D eigenvalue weighted by molar-refractivity contribution is -0.145. The van der Waals surface area contributed by atoms with Crippen LogP contribution >= 0.6 is 0 Å². The lowest BCUT2D eigenvalue weighted by Crippen LogP contribution is -2.42. The van der Waals surface area contributed by atoms with Gasteiger partial charge in [-0.3, -0.25) is 9.59 Å². The molecule has 0 aliphatic heterocycles. The Morgan fingerprint density at radius 2 is 1.97 bits per heavy atom. The van der Waals surface area contributed by atoms with Crippen molar-refractivity contribution < 1.29 is 26.0 Å². The quantitative estimate of drug-likeness (QED) is 0.309. The molecule has 0 aliphatic rings. The number of carboxylic acid groups (broad SMARTS) is 2. The largest absolute Gasteiger partial charge is 0.481 e. The van der Waals surface area contributed by atoms with Crippen LogP contribution in [0.2, 0.25) is 0 Å². The predicted octanol–water partition coefficient (Wildman–Crippen LogP) is -0.122. The van der Waals surface area contributed by atoms with Gasteiger partial charge in [-0.1, -0.05) is 6.07 Å². The van der Waals surface area contributed by atoms with E-state index in [2.05, 4.69) is 25.3 Å². The molecule has 0 aliphatic carbocycles. The number of hydrogen-bond acceptors (Lipinski definition) is 10. The molecule has 0 saturated heterocycles. The second-order valence-electron chi connectivity index (χ2n) is 6.79. The smallest absolute Gasteiger partial charge is 0.326 e. The van der Waals surface area contributed by atoms with Crippen LogP contribution in [0.1, 0.15) is 23.8 Å². The fourth-order valence-electron chi connectivity index (χ4n) is 2.83. The standard InChI is InChI=1S/C19H20N8O5/c1-27(8-10-7-22-16-14(23-10)15(20)25-19(21)26-16)11-4-2-3-9(5-11)17(30)24-12(18(31)32)6-13(28)29/h2-5,7,12H,6,8H2,1H3,(H,24,30)(H,28,29)(H,31,32)(H4,20,21,22,25,26)/t12-/m0/s1/i7D. The molecule has 0 saturated carbocycles. The number of nitrogens with two attached hydrogens (primary N) is 2. The van der Waals surface area contributed by atoms with E-state index < -0.39 is 30.3 Å². The molecule has 0 unspecified atom stereocenters. The molecule has 3 aromatic rings. The maximum Gasteiger partial charge on any atom is 0.326 e. The van der Waals surface area contributed by atoms with E-state index in [4.69, 9.17) is 23.1 Å². The molecule has 2 heterocycles. The summed E-state index contributed by atoms with van der Waals surface area (Å²) in [5.41, 5.74) is 12.6. The molecule has 32 heavy (non-hydrogen) atoms. The average Bonchev–Trinajstić information content (AvgIpc) is 2.73. The molecule has 1 atom stereocenters. The number of nitrogens with zero attached hydrogens (tertiary/aromatic N) is 5. The zero-order valence-corrected chi connectivity index (χ0v) is 16.8. The van der Waals surface area contributed by atoms with Gasteiger partial charge < -0.3 is 31.9 Å². The Balaban J connectivity index is 1.81. The lowest BCUT2D eigenvalue weighted by Gasteiger charge is -2.20. The average molecular weight is 441 g/mol. The normalized spacial score (nSPS) is 12.1. The van der Waals surface area contributed by atoms with Gasteiger partial charge in [0.25, 0.3) is 5.91 Å². The van der Waals surface area contributed by atoms with Crippen LogP contribution in [0.25, 0.3) is 11.2 Å². The first-order chi connectivity index (χ1) is 15.5. The number of nitrogens with one attached hydrogen (secondary N) is 1. The molecular formula is C19H20N8O5. The van der Waals surface area contributed by atoms with E-state index in [1.807, 2.05) is 0 Å². The third kappa shape index (κ3) is 5.13. The van der Waals surface area contributed by atoms with Gasteiger partial charge in [0, 0.05) is 18.3 Å². The summed E-state index contributed by atoms with van der Waals surface area (Å²) in [4.78, 5) is 52.3. The highest BCUT2D eigenvalue weighted by Gasteiger charge is 2.23. The van der Waals surface area contributed by atoms with Crippen molar-refractivity contribution in [1.82, 2.24) is 25.3 Å². The molecule has 3 rings (SSSR count). The van der Waals surface area contributed by atoms with Gasteiger partial charge in [-0.2, -0.15) is 9.97 Å². The Morgan fingerprint density at radius 3 is 2.66 bits per heavy atom. The first kappa shape index (κ1) is 20.7. The molecule has 7 N–H and O–H groups in total. The van der Waals surface area contributed by atoms with E-state index >= 15 is 0 Å². The SMILES string of the molecule is [2H]c1nc2nc(N)nc(N)c2nc1CN(C)c1cccc(C(=O)N[C@@H](CC(=O)O)C(=O)O)c1. The van der Waals surface area contributed by atoms with Crippen LogP contribution < -0.4 is 21.7 Å². The highest BCUT2D eigenvalue weighted by Crippen LogP contribution is 2.19. The number of carbonyl (C=O) groups is 3. The fraction of sp³-hybridized carbons (Fsp3) is 0.211. The molecule has 13 heteroatoms. The molecule has 0 radical (unpaired) electrons. The summed E-state index contributed by atoms with van der Waals surface area (Å²) in [6.45, 7) is 0.118. The van der Waals surface area contributed by atoms with Crippen LogP contribution in [0.3, 0.4) is 0 Å². The number of aliphatic carboxylic acids is 2. The van der Waals surface area contributed by atoms with E-state index in [1.165, 1.54) is 12.1 Å². The third-order valence-electron chi connectivity index (χ3n) is 4.37. The van der Waals surface area contributed by atoms with Crippen molar-refractivity contribution in [3.63, 3.8) is 0 Å².